The van der Waals surface area contributed by atoms with Gasteiger partial charge in [0.1, 0.15) is 11.2 Å². The van der Waals surface area contributed by atoms with E-state index in [-0.39, 0.29) is 11.2 Å². The number of hydrogen-bond donors (Lipinski definition) is 0. The molecule has 0 aliphatic heterocycles. The van der Waals surface area contributed by atoms with Gasteiger partial charge in [-0.3, -0.25) is 4.79 Å². The SMILES string of the molecule is CCC(C)(C)C(=O)c1ccc2oc3ccccc3c2c1. The van der Waals surface area contributed by atoms with Crippen LogP contribution in [0.25, 0.3) is 21.9 Å². The van der Waals surface area contributed by atoms with Crippen molar-refractivity contribution in [1.82, 2.24) is 0 Å². The van der Waals surface area contributed by atoms with Crippen molar-refractivity contribution in [3.05, 3.63) is 48.0 Å². The Bertz CT molecular complexity index is 793. The molecule has 0 amide bonds. The summed E-state index contributed by atoms with van der Waals surface area (Å²) in [5, 5.41) is 2.07. The van der Waals surface area contributed by atoms with Crippen LogP contribution in [0.15, 0.2) is 46.9 Å². The van der Waals surface area contributed by atoms with Gasteiger partial charge in [-0.15, -0.1) is 0 Å². The Labute approximate surface area is 118 Å². The molecule has 0 bridgehead atoms. The number of Topliss-reactive ketones (excluding diaryl/α,β-unsaturated/α-hetero) is 1. The largest absolute Gasteiger partial charge is 0.456 e. The molecule has 1 aromatic heterocycles. The normalized spacial score (nSPS) is 12.2. The maximum absolute atomic E-state index is 12.6. The highest BCUT2D eigenvalue weighted by atomic mass is 16.3. The van der Waals surface area contributed by atoms with Crippen LogP contribution in [0.2, 0.25) is 0 Å². The second-order valence-electron chi connectivity index (χ2n) is 5.88. The third-order valence-corrected chi connectivity index (χ3v) is 4.14. The summed E-state index contributed by atoms with van der Waals surface area (Å²) in [4.78, 5) is 12.6. The molecule has 0 aliphatic rings. The summed E-state index contributed by atoms with van der Waals surface area (Å²) in [6.07, 6.45) is 0.829. The van der Waals surface area contributed by atoms with Crippen LogP contribution < -0.4 is 0 Å². The van der Waals surface area contributed by atoms with Crippen LogP contribution in [0, 0.1) is 5.41 Å². The Balaban J connectivity index is 2.20. The standard InChI is InChI=1S/C18H18O2/c1-4-18(2,3)17(19)12-9-10-16-14(11-12)13-7-5-6-8-15(13)20-16/h5-11H,4H2,1-3H3. The monoisotopic (exact) mass is 266 g/mol. The molecule has 2 aromatic carbocycles. The van der Waals surface area contributed by atoms with Crippen LogP contribution in [0.5, 0.6) is 0 Å². The van der Waals surface area contributed by atoms with Crippen LogP contribution in [0.1, 0.15) is 37.6 Å². The summed E-state index contributed by atoms with van der Waals surface area (Å²) in [5.41, 5.74) is 2.13. The fourth-order valence-electron chi connectivity index (χ4n) is 2.42. The number of para-hydroxylation sites is 1. The lowest BCUT2D eigenvalue weighted by Gasteiger charge is -2.20. The summed E-state index contributed by atoms with van der Waals surface area (Å²) < 4.78 is 5.79. The molecule has 0 atom stereocenters. The van der Waals surface area contributed by atoms with Crippen molar-refractivity contribution < 1.29 is 9.21 Å². The molecule has 0 saturated heterocycles. The average Bonchev–Trinajstić information content (AvgIpc) is 2.84. The minimum atomic E-state index is -0.326. The Morgan fingerprint density at radius 3 is 2.50 bits per heavy atom. The van der Waals surface area contributed by atoms with Gasteiger partial charge in [0.05, 0.1) is 0 Å². The van der Waals surface area contributed by atoms with Crippen LogP contribution in [-0.4, -0.2) is 5.78 Å². The first-order valence-electron chi connectivity index (χ1n) is 6.99. The molecular weight excluding hydrogens is 248 g/mol. The van der Waals surface area contributed by atoms with E-state index in [2.05, 4.69) is 0 Å². The highest BCUT2D eigenvalue weighted by Crippen LogP contribution is 2.32. The van der Waals surface area contributed by atoms with Gasteiger partial charge in [0.2, 0.25) is 0 Å². The van der Waals surface area contributed by atoms with Gasteiger partial charge in [0, 0.05) is 21.8 Å². The zero-order chi connectivity index (χ0) is 14.3. The lowest BCUT2D eigenvalue weighted by atomic mass is 9.82. The fraction of sp³-hybridized carbons (Fsp3) is 0.278. The molecule has 2 nitrogen and oxygen atoms in total. The maximum atomic E-state index is 12.6. The van der Waals surface area contributed by atoms with E-state index in [0.717, 1.165) is 33.9 Å². The van der Waals surface area contributed by atoms with Crippen LogP contribution >= 0.6 is 0 Å². The quantitative estimate of drug-likeness (QED) is 0.609. The molecule has 0 saturated carbocycles. The molecule has 0 fully saturated rings. The van der Waals surface area contributed by atoms with Gasteiger partial charge in [-0.05, 0) is 30.7 Å². The summed E-state index contributed by atoms with van der Waals surface area (Å²) in [5.74, 6) is 0.187. The zero-order valence-electron chi connectivity index (χ0n) is 12.1. The lowest BCUT2D eigenvalue weighted by molar-refractivity contribution is 0.0833. The number of carbonyl (C=O) groups is 1. The van der Waals surface area contributed by atoms with E-state index in [0.29, 0.717) is 0 Å². The number of hydrogen-bond acceptors (Lipinski definition) is 2. The van der Waals surface area contributed by atoms with Crippen molar-refractivity contribution in [3.8, 4) is 0 Å². The molecule has 0 aliphatic carbocycles. The second-order valence-corrected chi connectivity index (χ2v) is 5.88. The first-order chi connectivity index (χ1) is 9.53. The van der Waals surface area contributed by atoms with E-state index in [4.69, 9.17) is 4.42 Å². The molecule has 1 heterocycles. The van der Waals surface area contributed by atoms with Gasteiger partial charge in [-0.1, -0.05) is 39.0 Å². The van der Waals surface area contributed by atoms with E-state index in [1.807, 2.05) is 63.2 Å². The molecule has 2 heteroatoms. The fourth-order valence-corrected chi connectivity index (χ4v) is 2.42. The van der Waals surface area contributed by atoms with E-state index < -0.39 is 0 Å². The number of fused-ring (bicyclic) bond motifs is 3. The molecular formula is C18H18O2. The highest BCUT2D eigenvalue weighted by molar-refractivity contribution is 6.09. The summed E-state index contributed by atoms with van der Waals surface area (Å²) in [6, 6.07) is 13.6. The molecule has 0 spiro atoms. The molecule has 20 heavy (non-hydrogen) atoms. The van der Waals surface area contributed by atoms with Crippen molar-refractivity contribution in [2.45, 2.75) is 27.2 Å². The summed E-state index contributed by atoms with van der Waals surface area (Å²) in [6.45, 7) is 6.03. The molecule has 0 N–H and O–H groups in total. The Morgan fingerprint density at radius 2 is 1.75 bits per heavy atom. The van der Waals surface area contributed by atoms with Crippen molar-refractivity contribution in [1.29, 1.82) is 0 Å². The van der Waals surface area contributed by atoms with Gasteiger partial charge >= 0.3 is 0 Å². The second kappa shape index (κ2) is 4.48. The Hall–Kier alpha value is -2.09. The van der Waals surface area contributed by atoms with Crippen molar-refractivity contribution in [3.63, 3.8) is 0 Å². The zero-order valence-corrected chi connectivity index (χ0v) is 12.1. The number of ketones is 1. The van der Waals surface area contributed by atoms with E-state index >= 15 is 0 Å². The third-order valence-electron chi connectivity index (χ3n) is 4.14. The molecule has 0 radical (unpaired) electrons. The van der Waals surface area contributed by atoms with Crippen LogP contribution in [-0.2, 0) is 0 Å². The molecule has 0 unspecified atom stereocenters. The predicted molar refractivity (Wildman–Crippen MR) is 82.1 cm³/mol. The van der Waals surface area contributed by atoms with Gasteiger partial charge in [0.15, 0.2) is 5.78 Å². The van der Waals surface area contributed by atoms with Crippen molar-refractivity contribution in [2.75, 3.05) is 0 Å². The average molecular weight is 266 g/mol. The lowest BCUT2D eigenvalue weighted by Crippen LogP contribution is -2.23. The third kappa shape index (κ3) is 1.92. The van der Waals surface area contributed by atoms with Gasteiger partial charge in [0.25, 0.3) is 0 Å². The Morgan fingerprint density at radius 1 is 1.05 bits per heavy atom. The van der Waals surface area contributed by atoms with Gasteiger partial charge in [-0.2, -0.15) is 0 Å². The Kier molecular flexibility index (Phi) is 2.89. The topological polar surface area (TPSA) is 30.2 Å². The van der Waals surface area contributed by atoms with Crippen molar-refractivity contribution >= 4 is 27.7 Å². The van der Waals surface area contributed by atoms with Gasteiger partial charge in [-0.25, -0.2) is 0 Å². The van der Waals surface area contributed by atoms with Crippen LogP contribution in [0.4, 0.5) is 0 Å². The van der Waals surface area contributed by atoms with E-state index in [9.17, 15) is 4.79 Å². The smallest absolute Gasteiger partial charge is 0.168 e. The number of carbonyl (C=O) groups excluding carboxylic acids is 1. The minimum Gasteiger partial charge on any atom is -0.456 e. The van der Waals surface area contributed by atoms with Gasteiger partial charge < -0.3 is 4.42 Å². The molecule has 3 rings (SSSR count). The summed E-state index contributed by atoms with van der Waals surface area (Å²) >= 11 is 0. The molecule has 102 valence electrons. The first-order valence-corrected chi connectivity index (χ1v) is 6.99. The predicted octanol–water partition coefficient (Wildman–Crippen LogP) is 5.20. The van der Waals surface area contributed by atoms with Crippen molar-refractivity contribution in [2.24, 2.45) is 5.41 Å². The van der Waals surface area contributed by atoms with E-state index in [1.54, 1.807) is 0 Å². The number of benzene rings is 2. The van der Waals surface area contributed by atoms with E-state index in [1.165, 1.54) is 0 Å². The summed E-state index contributed by atoms with van der Waals surface area (Å²) in [7, 11) is 0. The number of rotatable bonds is 3. The minimum absolute atomic E-state index is 0.187. The maximum Gasteiger partial charge on any atom is 0.168 e. The highest BCUT2D eigenvalue weighted by Gasteiger charge is 2.26. The van der Waals surface area contributed by atoms with Crippen LogP contribution in [0.3, 0.4) is 0 Å². The first kappa shape index (κ1) is 12.9. The number of furan rings is 1. The molecule has 3 aromatic rings.